The first-order valence-corrected chi connectivity index (χ1v) is 6.62. The van der Waals surface area contributed by atoms with E-state index in [4.69, 9.17) is 10.5 Å². The van der Waals surface area contributed by atoms with Crippen molar-refractivity contribution in [2.75, 3.05) is 18.9 Å². The summed E-state index contributed by atoms with van der Waals surface area (Å²) in [6.45, 7) is 8.77. The second-order valence-electron chi connectivity index (χ2n) is 4.87. The number of hydrogen-bond donors (Lipinski definition) is 2. The average molecular weight is 274 g/mol. The van der Waals surface area contributed by atoms with Crippen LogP contribution in [0.25, 0.3) is 6.08 Å². The van der Waals surface area contributed by atoms with E-state index in [2.05, 4.69) is 25.7 Å². The summed E-state index contributed by atoms with van der Waals surface area (Å²) in [4.78, 5) is 11.4. The zero-order valence-corrected chi connectivity index (χ0v) is 12.1. The maximum absolute atomic E-state index is 11.4. The Hall–Kier alpha value is -2.23. The average Bonchev–Trinajstić information content (AvgIpc) is 2.41. The van der Waals surface area contributed by atoms with E-state index < -0.39 is 0 Å². The van der Waals surface area contributed by atoms with Gasteiger partial charge in [-0.05, 0) is 29.7 Å². The summed E-state index contributed by atoms with van der Waals surface area (Å²) in [5.41, 5.74) is 7.35. The lowest BCUT2D eigenvalue weighted by atomic mass is 10.1. The molecule has 0 heterocycles. The minimum Gasteiger partial charge on any atom is -0.491 e. The van der Waals surface area contributed by atoms with Crippen LogP contribution in [0.2, 0.25) is 0 Å². The molecule has 4 nitrogen and oxygen atoms in total. The van der Waals surface area contributed by atoms with Crippen LogP contribution in [0.1, 0.15) is 19.4 Å². The minimum absolute atomic E-state index is 0.163. The van der Waals surface area contributed by atoms with Crippen molar-refractivity contribution in [1.29, 1.82) is 0 Å². The molecule has 0 aliphatic carbocycles. The molecule has 3 N–H and O–H groups in total. The number of benzene rings is 1. The predicted molar refractivity (Wildman–Crippen MR) is 83.4 cm³/mol. The zero-order chi connectivity index (χ0) is 15.0. The molecule has 1 amide bonds. The van der Waals surface area contributed by atoms with Gasteiger partial charge in [0.05, 0.1) is 12.3 Å². The van der Waals surface area contributed by atoms with Gasteiger partial charge in [-0.15, -0.1) is 6.58 Å². The molecular weight excluding hydrogens is 252 g/mol. The maximum atomic E-state index is 11.4. The van der Waals surface area contributed by atoms with Crippen molar-refractivity contribution in [3.63, 3.8) is 0 Å². The van der Waals surface area contributed by atoms with Gasteiger partial charge in [0.1, 0.15) is 5.75 Å². The normalized spacial score (nSPS) is 10.8. The number of rotatable bonds is 7. The Kier molecular flexibility index (Phi) is 6.37. The third-order valence-corrected chi connectivity index (χ3v) is 2.45. The van der Waals surface area contributed by atoms with Crippen molar-refractivity contribution in [3.8, 4) is 5.75 Å². The van der Waals surface area contributed by atoms with Crippen molar-refractivity contribution in [1.82, 2.24) is 5.32 Å². The van der Waals surface area contributed by atoms with Gasteiger partial charge in [-0.25, -0.2) is 0 Å². The summed E-state index contributed by atoms with van der Waals surface area (Å²) in [6, 6.07) is 5.47. The Morgan fingerprint density at radius 2 is 2.25 bits per heavy atom. The first kappa shape index (κ1) is 15.8. The molecule has 0 unspecified atom stereocenters. The summed E-state index contributed by atoms with van der Waals surface area (Å²) in [5.74, 6) is 0.957. The van der Waals surface area contributed by atoms with E-state index in [1.54, 1.807) is 18.2 Å². The van der Waals surface area contributed by atoms with Crippen LogP contribution in [0.4, 0.5) is 5.69 Å². The third kappa shape index (κ3) is 5.61. The number of ether oxygens (including phenoxy) is 1. The SMILES string of the molecule is C=CCNC(=O)/C=C\c1ccc(OCC(C)C)c(N)c1. The van der Waals surface area contributed by atoms with E-state index in [0.29, 0.717) is 30.5 Å². The number of nitrogens with one attached hydrogen (secondary N) is 1. The van der Waals surface area contributed by atoms with Crippen molar-refractivity contribution in [3.05, 3.63) is 42.5 Å². The summed E-state index contributed by atoms with van der Waals surface area (Å²) < 4.78 is 5.59. The van der Waals surface area contributed by atoms with Gasteiger partial charge in [0.15, 0.2) is 0 Å². The van der Waals surface area contributed by atoms with Gasteiger partial charge >= 0.3 is 0 Å². The standard InChI is InChI=1S/C16H22N2O2/c1-4-9-18-16(19)8-6-13-5-7-15(14(17)10-13)20-11-12(2)3/h4-8,10,12H,1,9,11,17H2,2-3H3,(H,18,19)/b8-6-. The van der Waals surface area contributed by atoms with Gasteiger partial charge in [0.2, 0.25) is 5.91 Å². The quantitative estimate of drug-likeness (QED) is 0.456. The molecule has 20 heavy (non-hydrogen) atoms. The number of nitrogens with two attached hydrogens (primary N) is 1. The van der Waals surface area contributed by atoms with Gasteiger partial charge in [-0.1, -0.05) is 26.0 Å². The fraction of sp³-hybridized carbons (Fsp3) is 0.312. The maximum Gasteiger partial charge on any atom is 0.244 e. The molecule has 0 aliphatic rings. The second kappa shape index (κ2) is 8.04. The molecule has 1 aromatic carbocycles. The van der Waals surface area contributed by atoms with Crippen molar-refractivity contribution in [2.24, 2.45) is 5.92 Å². The van der Waals surface area contributed by atoms with Gasteiger partial charge in [-0.2, -0.15) is 0 Å². The van der Waals surface area contributed by atoms with Crippen LogP contribution in [0.15, 0.2) is 36.9 Å². The molecule has 1 aromatic rings. The summed E-state index contributed by atoms with van der Waals surface area (Å²) in [6.07, 6.45) is 4.80. The minimum atomic E-state index is -0.163. The molecule has 108 valence electrons. The molecule has 0 saturated heterocycles. The Balaban J connectivity index is 2.64. The molecule has 0 atom stereocenters. The van der Waals surface area contributed by atoms with Crippen LogP contribution >= 0.6 is 0 Å². The Morgan fingerprint density at radius 3 is 2.85 bits per heavy atom. The van der Waals surface area contributed by atoms with E-state index in [0.717, 1.165) is 5.56 Å². The predicted octanol–water partition coefficient (Wildman–Crippen LogP) is 2.62. The fourth-order valence-electron chi connectivity index (χ4n) is 1.46. The van der Waals surface area contributed by atoms with E-state index in [-0.39, 0.29) is 5.91 Å². The summed E-state index contributed by atoms with van der Waals surface area (Å²) in [5, 5.41) is 2.66. The van der Waals surface area contributed by atoms with Crippen LogP contribution in [0.3, 0.4) is 0 Å². The topological polar surface area (TPSA) is 64.3 Å². The molecule has 0 bridgehead atoms. The van der Waals surface area contributed by atoms with E-state index >= 15 is 0 Å². The first-order valence-electron chi connectivity index (χ1n) is 6.62. The third-order valence-electron chi connectivity index (χ3n) is 2.45. The molecule has 0 spiro atoms. The first-order chi connectivity index (χ1) is 9.52. The highest BCUT2D eigenvalue weighted by atomic mass is 16.5. The van der Waals surface area contributed by atoms with Crippen LogP contribution in [-0.2, 0) is 4.79 Å². The van der Waals surface area contributed by atoms with E-state index in [1.807, 2.05) is 12.1 Å². The zero-order valence-electron chi connectivity index (χ0n) is 12.1. The van der Waals surface area contributed by atoms with Gasteiger partial charge < -0.3 is 15.8 Å². The van der Waals surface area contributed by atoms with Crippen LogP contribution in [0, 0.1) is 5.92 Å². The van der Waals surface area contributed by atoms with Crippen LogP contribution < -0.4 is 15.8 Å². The molecule has 0 aromatic heterocycles. The van der Waals surface area contributed by atoms with Gasteiger partial charge in [-0.3, -0.25) is 4.79 Å². The lowest BCUT2D eigenvalue weighted by molar-refractivity contribution is -0.116. The molecule has 1 rings (SSSR count). The molecule has 0 aliphatic heterocycles. The van der Waals surface area contributed by atoms with Crippen molar-refractivity contribution < 1.29 is 9.53 Å². The number of hydrogen-bond acceptors (Lipinski definition) is 3. The monoisotopic (exact) mass is 274 g/mol. The molecule has 4 heteroatoms. The molecule has 0 radical (unpaired) electrons. The highest BCUT2D eigenvalue weighted by molar-refractivity contribution is 5.91. The largest absolute Gasteiger partial charge is 0.491 e. The lowest BCUT2D eigenvalue weighted by Crippen LogP contribution is -2.20. The van der Waals surface area contributed by atoms with E-state index in [1.165, 1.54) is 6.08 Å². The number of anilines is 1. The van der Waals surface area contributed by atoms with E-state index in [9.17, 15) is 4.79 Å². The highest BCUT2D eigenvalue weighted by Crippen LogP contribution is 2.23. The Labute approximate surface area is 120 Å². The smallest absolute Gasteiger partial charge is 0.244 e. The number of nitrogen functional groups attached to an aromatic ring is 1. The van der Waals surface area contributed by atoms with Crippen molar-refractivity contribution in [2.45, 2.75) is 13.8 Å². The summed E-state index contributed by atoms with van der Waals surface area (Å²) in [7, 11) is 0. The fourth-order valence-corrected chi connectivity index (χ4v) is 1.46. The van der Waals surface area contributed by atoms with Crippen LogP contribution in [0.5, 0.6) is 5.75 Å². The molecular formula is C16H22N2O2. The molecule has 0 saturated carbocycles. The Bertz CT molecular complexity index is 493. The Morgan fingerprint density at radius 1 is 1.50 bits per heavy atom. The van der Waals surface area contributed by atoms with Gasteiger partial charge in [0, 0.05) is 12.6 Å². The van der Waals surface area contributed by atoms with Crippen molar-refractivity contribution >= 4 is 17.7 Å². The summed E-state index contributed by atoms with van der Waals surface area (Å²) >= 11 is 0. The van der Waals surface area contributed by atoms with Crippen LogP contribution in [-0.4, -0.2) is 19.1 Å². The van der Waals surface area contributed by atoms with Gasteiger partial charge in [0.25, 0.3) is 0 Å². The lowest BCUT2D eigenvalue weighted by Gasteiger charge is -2.11. The number of carbonyl (C=O) groups excluding carboxylic acids is 1. The number of carbonyl (C=O) groups is 1. The highest BCUT2D eigenvalue weighted by Gasteiger charge is 2.02. The number of amides is 1. The molecule has 0 fully saturated rings. The second-order valence-corrected chi connectivity index (χ2v) is 4.87.